The van der Waals surface area contributed by atoms with E-state index in [0.29, 0.717) is 37.1 Å². The summed E-state index contributed by atoms with van der Waals surface area (Å²) < 4.78 is 7.15. The molecule has 0 amide bonds. The van der Waals surface area contributed by atoms with Crippen molar-refractivity contribution in [3.8, 4) is 5.88 Å². The Balaban J connectivity index is 1.91. The van der Waals surface area contributed by atoms with E-state index in [1.807, 2.05) is 13.8 Å². The van der Waals surface area contributed by atoms with Crippen molar-refractivity contribution in [3.05, 3.63) is 24.3 Å². The molecule has 3 N–H and O–H groups in total. The number of nitrogen functional groups attached to an aromatic ring is 1. The zero-order valence-corrected chi connectivity index (χ0v) is 11.1. The molecule has 0 saturated heterocycles. The third kappa shape index (κ3) is 3.84. The average molecular weight is 262 g/mol. The molecule has 2 aromatic heterocycles. The molecule has 0 aromatic carbocycles. The van der Waals surface area contributed by atoms with Gasteiger partial charge in [-0.05, 0) is 13.8 Å². The van der Waals surface area contributed by atoms with E-state index in [4.69, 9.17) is 10.5 Å². The van der Waals surface area contributed by atoms with Gasteiger partial charge in [-0.1, -0.05) is 0 Å². The van der Waals surface area contributed by atoms with Crippen LogP contribution in [0.25, 0.3) is 0 Å². The minimum atomic E-state index is 0.584. The second-order valence-corrected chi connectivity index (χ2v) is 4.04. The molecule has 2 heterocycles. The maximum Gasteiger partial charge on any atom is 0.218 e. The molecule has 2 rings (SSSR count). The summed E-state index contributed by atoms with van der Waals surface area (Å²) in [7, 11) is 0. The van der Waals surface area contributed by atoms with Crippen LogP contribution < -0.4 is 15.8 Å². The molecule has 0 fully saturated rings. The smallest absolute Gasteiger partial charge is 0.218 e. The van der Waals surface area contributed by atoms with Crippen molar-refractivity contribution in [2.75, 3.05) is 24.2 Å². The number of rotatable bonds is 6. The summed E-state index contributed by atoms with van der Waals surface area (Å²) in [6.07, 6.45) is 3.42. The fourth-order valence-electron chi connectivity index (χ4n) is 1.65. The number of nitrogens with zero attached hydrogens (tertiary/aromatic N) is 4. The summed E-state index contributed by atoms with van der Waals surface area (Å²) in [5.41, 5.74) is 6.26. The van der Waals surface area contributed by atoms with Crippen LogP contribution in [0, 0.1) is 6.92 Å². The van der Waals surface area contributed by atoms with Crippen molar-refractivity contribution in [2.45, 2.75) is 20.4 Å². The minimum Gasteiger partial charge on any atom is -0.478 e. The lowest BCUT2D eigenvalue weighted by atomic mass is 10.5. The van der Waals surface area contributed by atoms with E-state index in [0.717, 1.165) is 5.82 Å². The van der Waals surface area contributed by atoms with Crippen molar-refractivity contribution >= 4 is 11.5 Å². The maximum absolute atomic E-state index is 5.59. The van der Waals surface area contributed by atoms with Crippen LogP contribution in [0.15, 0.2) is 18.5 Å². The number of hydrogen-bond donors (Lipinski definition) is 2. The number of hydrogen-bond acceptors (Lipinski definition) is 6. The topological polar surface area (TPSA) is 90.9 Å². The molecular weight excluding hydrogens is 244 g/mol. The Kier molecular flexibility index (Phi) is 4.17. The monoisotopic (exact) mass is 262 g/mol. The highest BCUT2D eigenvalue weighted by atomic mass is 16.5. The fraction of sp³-hybridized carbons (Fsp3) is 0.417. The summed E-state index contributed by atoms with van der Waals surface area (Å²) in [5, 5.41) is 7.31. The van der Waals surface area contributed by atoms with Gasteiger partial charge in [0.15, 0.2) is 0 Å². The van der Waals surface area contributed by atoms with Crippen LogP contribution in [-0.2, 0) is 6.54 Å². The van der Waals surface area contributed by atoms with Crippen molar-refractivity contribution in [2.24, 2.45) is 0 Å². The molecule has 19 heavy (non-hydrogen) atoms. The van der Waals surface area contributed by atoms with Gasteiger partial charge in [-0.25, -0.2) is 4.98 Å². The Morgan fingerprint density at radius 3 is 2.95 bits per heavy atom. The lowest BCUT2D eigenvalue weighted by Gasteiger charge is -2.08. The molecule has 0 atom stereocenters. The molecule has 0 radical (unpaired) electrons. The largest absolute Gasteiger partial charge is 0.478 e. The second kappa shape index (κ2) is 6.03. The minimum absolute atomic E-state index is 0.584. The second-order valence-electron chi connectivity index (χ2n) is 4.04. The Hall–Kier alpha value is -2.31. The highest BCUT2D eigenvalue weighted by molar-refractivity contribution is 5.38. The van der Waals surface area contributed by atoms with E-state index in [9.17, 15) is 0 Å². The van der Waals surface area contributed by atoms with Crippen LogP contribution in [0.4, 0.5) is 11.5 Å². The van der Waals surface area contributed by atoms with Gasteiger partial charge in [0, 0.05) is 18.8 Å². The molecule has 7 nitrogen and oxygen atoms in total. The Morgan fingerprint density at radius 2 is 2.26 bits per heavy atom. The van der Waals surface area contributed by atoms with Crippen LogP contribution in [0.2, 0.25) is 0 Å². The third-order valence-electron chi connectivity index (χ3n) is 2.41. The molecule has 2 aromatic rings. The molecule has 0 aliphatic carbocycles. The summed E-state index contributed by atoms with van der Waals surface area (Å²) in [5.74, 6) is 2.01. The summed E-state index contributed by atoms with van der Waals surface area (Å²) >= 11 is 0. The molecule has 0 unspecified atom stereocenters. The van der Waals surface area contributed by atoms with Crippen molar-refractivity contribution < 1.29 is 4.74 Å². The van der Waals surface area contributed by atoms with Crippen molar-refractivity contribution in [1.29, 1.82) is 0 Å². The van der Waals surface area contributed by atoms with E-state index in [2.05, 4.69) is 20.4 Å². The summed E-state index contributed by atoms with van der Waals surface area (Å²) in [6, 6.07) is 1.79. The Bertz CT molecular complexity index is 539. The Morgan fingerprint density at radius 1 is 1.42 bits per heavy atom. The molecule has 0 aliphatic heterocycles. The average Bonchev–Trinajstić information content (AvgIpc) is 2.75. The van der Waals surface area contributed by atoms with Gasteiger partial charge < -0.3 is 15.8 Å². The van der Waals surface area contributed by atoms with Crippen LogP contribution in [0.5, 0.6) is 5.88 Å². The highest BCUT2D eigenvalue weighted by Gasteiger charge is 2.02. The van der Waals surface area contributed by atoms with Crippen LogP contribution in [-0.4, -0.2) is 32.9 Å². The Labute approximate surface area is 111 Å². The van der Waals surface area contributed by atoms with E-state index in [1.54, 1.807) is 23.1 Å². The van der Waals surface area contributed by atoms with Crippen LogP contribution in [0.3, 0.4) is 0 Å². The molecular formula is C12H18N6O. The summed E-state index contributed by atoms with van der Waals surface area (Å²) in [4.78, 5) is 8.48. The quantitative estimate of drug-likeness (QED) is 0.809. The van der Waals surface area contributed by atoms with Gasteiger partial charge in [0.2, 0.25) is 5.88 Å². The predicted octanol–water partition coefficient (Wildman–Crippen LogP) is 1.07. The number of aryl methyl sites for hydroxylation is 1. The van der Waals surface area contributed by atoms with E-state index >= 15 is 0 Å². The standard InChI is InChI=1S/C12H18N6O/c1-3-19-12-6-11(16-9(2)17-12)14-4-5-18-8-10(13)7-15-18/h6-8H,3-5,13H2,1-2H3,(H,14,16,17). The third-order valence-corrected chi connectivity index (χ3v) is 2.41. The zero-order chi connectivity index (χ0) is 13.7. The molecule has 0 spiro atoms. The predicted molar refractivity (Wildman–Crippen MR) is 73.1 cm³/mol. The molecule has 7 heteroatoms. The lowest BCUT2D eigenvalue weighted by Crippen LogP contribution is -2.12. The van der Waals surface area contributed by atoms with Gasteiger partial charge in [-0.3, -0.25) is 4.68 Å². The fourth-order valence-corrected chi connectivity index (χ4v) is 1.65. The maximum atomic E-state index is 5.59. The van der Waals surface area contributed by atoms with Crippen molar-refractivity contribution in [1.82, 2.24) is 19.7 Å². The number of anilines is 2. The highest BCUT2D eigenvalue weighted by Crippen LogP contribution is 2.13. The van der Waals surface area contributed by atoms with E-state index < -0.39 is 0 Å². The van der Waals surface area contributed by atoms with Gasteiger partial charge in [0.1, 0.15) is 11.6 Å². The molecule has 102 valence electrons. The number of aromatic nitrogens is 4. The van der Waals surface area contributed by atoms with Gasteiger partial charge in [0.25, 0.3) is 0 Å². The molecule has 0 saturated carbocycles. The van der Waals surface area contributed by atoms with Gasteiger partial charge in [-0.2, -0.15) is 10.1 Å². The molecule has 0 bridgehead atoms. The first-order chi connectivity index (χ1) is 9.17. The first-order valence-corrected chi connectivity index (χ1v) is 6.17. The van der Waals surface area contributed by atoms with Crippen LogP contribution in [0.1, 0.15) is 12.7 Å². The van der Waals surface area contributed by atoms with E-state index in [1.165, 1.54) is 0 Å². The normalized spacial score (nSPS) is 10.4. The van der Waals surface area contributed by atoms with Gasteiger partial charge in [0.05, 0.1) is 25.0 Å². The first kappa shape index (κ1) is 13.1. The number of nitrogens with one attached hydrogen (secondary N) is 1. The van der Waals surface area contributed by atoms with E-state index in [-0.39, 0.29) is 0 Å². The van der Waals surface area contributed by atoms with Crippen LogP contribution >= 0.6 is 0 Å². The summed E-state index contributed by atoms with van der Waals surface area (Å²) in [6.45, 7) is 5.75. The number of nitrogens with two attached hydrogens (primary N) is 1. The number of ether oxygens (including phenoxy) is 1. The SMILES string of the molecule is CCOc1cc(NCCn2cc(N)cn2)nc(C)n1. The van der Waals surface area contributed by atoms with Crippen molar-refractivity contribution in [3.63, 3.8) is 0 Å². The van der Waals surface area contributed by atoms with Gasteiger partial charge >= 0.3 is 0 Å². The zero-order valence-electron chi connectivity index (χ0n) is 11.1. The van der Waals surface area contributed by atoms with Gasteiger partial charge in [-0.15, -0.1) is 0 Å². The lowest BCUT2D eigenvalue weighted by molar-refractivity contribution is 0.325. The molecule has 0 aliphatic rings. The first-order valence-electron chi connectivity index (χ1n) is 6.17.